The van der Waals surface area contributed by atoms with Crippen molar-refractivity contribution in [3.05, 3.63) is 59.2 Å². The zero-order valence-corrected chi connectivity index (χ0v) is 11.6. The summed E-state index contributed by atoms with van der Waals surface area (Å²) < 4.78 is 13.1. The lowest BCUT2D eigenvalue weighted by molar-refractivity contribution is 0.102. The number of pyridine rings is 1. The highest BCUT2D eigenvalue weighted by atomic mass is 19.1. The van der Waals surface area contributed by atoms with Crippen LogP contribution in [0.3, 0.4) is 0 Å². The summed E-state index contributed by atoms with van der Waals surface area (Å²) in [6.45, 7) is 4.08. The van der Waals surface area contributed by atoms with E-state index in [2.05, 4.69) is 10.3 Å². The van der Waals surface area contributed by atoms with Gasteiger partial charge in [-0.2, -0.15) is 4.39 Å². The maximum atomic E-state index is 13.1. The SMILES string of the molecule is CCc1cccc(CC)c1NC(=O)c1ccnc(F)c1. The zero-order chi connectivity index (χ0) is 14.5. The van der Waals surface area contributed by atoms with Crippen molar-refractivity contribution in [1.29, 1.82) is 0 Å². The summed E-state index contributed by atoms with van der Waals surface area (Å²) in [5, 5.41) is 2.89. The van der Waals surface area contributed by atoms with Crippen LogP contribution in [0.5, 0.6) is 0 Å². The molecule has 0 aliphatic rings. The molecular formula is C16H17FN2O. The number of halogens is 1. The fourth-order valence-electron chi connectivity index (χ4n) is 2.13. The topological polar surface area (TPSA) is 42.0 Å². The van der Waals surface area contributed by atoms with Gasteiger partial charge in [0.05, 0.1) is 0 Å². The van der Waals surface area contributed by atoms with E-state index in [0.29, 0.717) is 0 Å². The van der Waals surface area contributed by atoms with Gasteiger partial charge in [-0.1, -0.05) is 32.0 Å². The lowest BCUT2D eigenvalue weighted by atomic mass is 10.0. The number of hydrogen-bond donors (Lipinski definition) is 1. The number of aromatic nitrogens is 1. The number of benzene rings is 1. The molecule has 0 radical (unpaired) electrons. The first-order valence-electron chi connectivity index (χ1n) is 6.69. The molecule has 0 spiro atoms. The number of nitrogens with zero attached hydrogens (tertiary/aromatic N) is 1. The number of para-hydroxylation sites is 1. The maximum Gasteiger partial charge on any atom is 0.255 e. The summed E-state index contributed by atoms with van der Waals surface area (Å²) >= 11 is 0. The molecule has 0 saturated carbocycles. The third-order valence-electron chi connectivity index (χ3n) is 3.23. The molecule has 20 heavy (non-hydrogen) atoms. The first-order valence-corrected chi connectivity index (χ1v) is 6.69. The average Bonchev–Trinajstić information content (AvgIpc) is 2.47. The molecule has 0 fully saturated rings. The summed E-state index contributed by atoms with van der Waals surface area (Å²) in [4.78, 5) is 15.6. The van der Waals surface area contributed by atoms with Crippen molar-refractivity contribution in [2.75, 3.05) is 5.32 Å². The number of hydrogen-bond acceptors (Lipinski definition) is 2. The van der Waals surface area contributed by atoms with Gasteiger partial charge in [-0.05, 0) is 30.0 Å². The van der Waals surface area contributed by atoms with Crippen LogP contribution in [0.2, 0.25) is 0 Å². The molecule has 0 unspecified atom stereocenters. The number of carbonyl (C=O) groups is 1. The highest BCUT2D eigenvalue weighted by Gasteiger charge is 2.12. The van der Waals surface area contributed by atoms with E-state index in [1.165, 1.54) is 12.3 Å². The number of amides is 1. The van der Waals surface area contributed by atoms with E-state index in [9.17, 15) is 9.18 Å². The van der Waals surface area contributed by atoms with Crippen molar-refractivity contribution >= 4 is 11.6 Å². The molecule has 0 saturated heterocycles. The van der Waals surface area contributed by atoms with Crippen LogP contribution in [-0.2, 0) is 12.8 Å². The first kappa shape index (κ1) is 14.2. The zero-order valence-electron chi connectivity index (χ0n) is 11.6. The van der Waals surface area contributed by atoms with Gasteiger partial charge in [0, 0.05) is 23.5 Å². The van der Waals surface area contributed by atoms with Crippen molar-refractivity contribution in [2.45, 2.75) is 26.7 Å². The number of anilines is 1. The Hall–Kier alpha value is -2.23. The van der Waals surface area contributed by atoms with Crippen molar-refractivity contribution in [3.8, 4) is 0 Å². The summed E-state index contributed by atoms with van der Waals surface area (Å²) in [6.07, 6.45) is 2.94. The predicted molar refractivity (Wildman–Crippen MR) is 77.3 cm³/mol. The minimum atomic E-state index is -0.655. The van der Waals surface area contributed by atoms with Crippen LogP contribution < -0.4 is 5.32 Å². The number of rotatable bonds is 4. The van der Waals surface area contributed by atoms with Gasteiger partial charge in [0.2, 0.25) is 5.95 Å². The maximum absolute atomic E-state index is 13.1. The van der Waals surface area contributed by atoms with E-state index in [4.69, 9.17) is 0 Å². The normalized spacial score (nSPS) is 10.3. The largest absolute Gasteiger partial charge is 0.321 e. The van der Waals surface area contributed by atoms with Crippen LogP contribution in [0.15, 0.2) is 36.5 Å². The molecule has 1 N–H and O–H groups in total. The quantitative estimate of drug-likeness (QED) is 0.864. The van der Waals surface area contributed by atoms with Gasteiger partial charge < -0.3 is 5.32 Å². The Labute approximate surface area is 117 Å². The average molecular weight is 272 g/mol. The van der Waals surface area contributed by atoms with Gasteiger partial charge in [0.1, 0.15) is 0 Å². The molecule has 3 nitrogen and oxygen atoms in total. The molecule has 104 valence electrons. The highest BCUT2D eigenvalue weighted by molar-refractivity contribution is 6.05. The summed E-state index contributed by atoms with van der Waals surface area (Å²) in [7, 11) is 0. The van der Waals surface area contributed by atoms with Crippen LogP contribution in [-0.4, -0.2) is 10.9 Å². The Balaban J connectivity index is 2.32. The van der Waals surface area contributed by atoms with E-state index in [1.807, 2.05) is 32.0 Å². The standard InChI is InChI=1S/C16H17FN2O/c1-3-11-6-5-7-12(4-2)15(11)19-16(20)13-8-9-18-14(17)10-13/h5-10H,3-4H2,1-2H3,(H,19,20). The van der Waals surface area contributed by atoms with Gasteiger partial charge in [-0.25, -0.2) is 4.98 Å². The molecule has 0 bridgehead atoms. The van der Waals surface area contributed by atoms with Crippen molar-refractivity contribution in [1.82, 2.24) is 4.98 Å². The second kappa shape index (κ2) is 6.28. The second-order valence-corrected chi connectivity index (χ2v) is 4.48. The summed E-state index contributed by atoms with van der Waals surface area (Å²) in [5.74, 6) is -0.973. The van der Waals surface area contributed by atoms with E-state index in [0.717, 1.165) is 35.7 Å². The van der Waals surface area contributed by atoms with Crippen molar-refractivity contribution in [2.24, 2.45) is 0 Å². The lowest BCUT2D eigenvalue weighted by Gasteiger charge is -2.14. The smallest absolute Gasteiger partial charge is 0.255 e. The van der Waals surface area contributed by atoms with Crippen LogP contribution in [0.4, 0.5) is 10.1 Å². The van der Waals surface area contributed by atoms with Crippen LogP contribution in [0.25, 0.3) is 0 Å². The third kappa shape index (κ3) is 3.02. The third-order valence-corrected chi connectivity index (χ3v) is 3.23. The van der Waals surface area contributed by atoms with Crippen LogP contribution >= 0.6 is 0 Å². The minimum absolute atomic E-state index is 0.269. The molecule has 1 aromatic heterocycles. The van der Waals surface area contributed by atoms with Gasteiger partial charge in [0.15, 0.2) is 0 Å². The first-order chi connectivity index (χ1) is 9.65. The van der Waals surface area contributed by atoms with E-state index in [-0.39, 0.29) is 11.5 Å². The molecule has 2 rings (SSSR count). The van der Waals surface area contributed by atoms with Gasteiger partial charge in [-0.15, -0.1) is 0 Å². The Morgan fingerprint density at radius 2 is 1.85 bits per heavy atom. The summed E-state index contributed by atoms with van der Waals surface area (Å²) in [5.41, 5.74) is 3.25. The lowest BCUT2D eigenvalue weighted by Crippen LogP contribution is -2.15. The van der Waals surface area contributed by atoms with Crippen molar-refractivity contribution in [3.63, 3.8) is 0 Å². The molecule has 0 atom stereocenters. The predicted octanol–water partition coefficient (Wildman–Crippen LogP) is 3.60. The van der Waals surface area contributed by atoms with Crippen LogP contribution in [0.1, 0.15) is 35.3 Å². The molecule has 2 aromatic rings. The molecule has 1 heterocycles. The molecule has 0 aliphatic heterocycles. The van der Waals surface area contributed by atoms with E-state index >= 15 is 0 Å². The van der Waals surface area contributed by atoms with E-state index in [1.54, 1.807) is 0 Å². The Bertz CT molecular complexity index is 603. The Morgan fingerprint density at radius 3 is 2.40 bits per heavy atom. The molecule has 1 amide bonds. The van der Waals surface area contributed by atoms with E-state index < -0.39 is 5.95 Å². The van der Waals surface area contributed by atoms with Crippen LogP contribution in [0, 0.1) is 5.95 Å². The Morgan fingerprint density at radius 1 is 1.20 bits per heavy atom. The number of carbonyl (C=O) groups excluding carboxylic acids is 1. The van der Waals surface area contributed by atoms with Crippen molar-refractivity contribution < 1.29 is 9.18 Å². The molecule has 1 aromatic carbocycles. The minimum Gasteiger partial charge on any atom is -0.321 e. The second-order valence-electron chi connectivity index (χ2n) is 4.48. The monoisotopic (exact) mass is 272 g/mol. The fraction of sp³-hybridized carbons (Fsp3) is 0.250. The Kier molecular flexibility index (Phi) is 4.45. The number of aryl methyl sites for hydroxylation is 2. The van der Waals surface area contributed by atoms with Gasteiger partial charge in [0.25, 0.3) is 5.91 Å². The summed E-state index contributed by atoms with van der Waals surface area (Å²) in [6, 6.07) is 8.59. The molecule has 4 heteroatoms. The molecular weight excluding hydrogens is 255 g/mol. The fourth-order valence-corrected chi connectivity index (χ4v) is 2.13. The van der Waals surface area contributed by atoms with Gasteiger partial charge >= 0.3 is 0 Å². The van der Waals surface area contributed by atoms with Gasteiger partial charge in [-0.3, -0.25) is 4.79 Å². The molecule has 0 aliphatic carbocycles. The number of nitrogens with one attached hydrogen (secondary N) is 1. The highest BCUT2D eigenvalue weighted by Crippen LogP contribution is 2.23.